The van der Waals surface area contributed by atoms with Crippen LogP contribution in [0.4, 0.5) is 0 Å². The molecule has 5 heteroatoms. The molecule has 0 fully saturated rings. The molecule has 0 radical (unpaired) electrons. The molecule has 0 rings (SSSR count). The van der Waals surface area contributed by atoms with Crippen molar-refractivity contribution < 1.29 is 4.74 Å². The molecule has 0 aromatic heterocycles. The molecule has 0 aliphatic rings. The molecule has 0 heterocycles. The van der Waals surface area contributed by atoms with Crippen molar-refractivity contribution >= 4 is 5.96 Å². The third-order valence-electron chi connectivity index (χ3n) is 2.78. The van der Waals surface area contributed by atoms with Crippen LogP contribution in [-0.2, 0) is 4.74 Å². The first-order valence-corrected chi connectivity index (χ1v) is 6.13. The lowest BCUT2D eigenvalue weighted by Crippen LogP contribution is -2.46. The van der Waals surface area contributed by atoms with Gasteiger partial charge in [0.2, 0.25) is 0 Å². The van der Waals surface area contributed by atoms with Gasteiger partial charge < -0.3 is 20.3 Å². The Labute approximate surface area is 106 Å². The van der Waals surface area contributed by atoms with Crippen molar-refractivity contribution in [3.05, 3.63) is 0 Å². The second-order valence-electron chi connectivity index (χ2n) is 4.71. The first-order chi connectivity index (χ1) is 7.95. The van der Waals surface area contributed by atoms with E-state index in [2.05, 4.69) is 34.5 Å². The maximum absolute atomic E-state index is 5.34. The molecule has 0 unspecified atom stereocenters. The molecule has 0 spiro atoms. The van der Waals surface area contributed by atoms with E-state index < -0.39 is 0 Å². The molecule has 0 saturated carbocycles. The van der Waals surface area contributed by atoms with Crippen LogP contribution in [0.15, 0.2) is 4.99 Å². The van der Waals surface area contributed by atoms with Crippen LogP contribution in [-0.4, -0.2) is 63.8 Å². The molecule has 17 heavy (non-hydrogen) atoms. The number of hydrogen-bond acceptors (Lipinski definition) is 3. The highest BCUT2D eigenvalue weighted by Crippen LogP contribution is 2.04. The van der Waals surface area contributed by atoms with E-state index in [0.717, 1.165) is 32.1 Å². The van der Waals surface area contributed by atoms with E-state index in [1.54, 1.807) is 14.2 Å². The quantitative estimate of drug-likeness (QED) is 0.506. The number of aliphatic imine (C=N–C) groups is 1. The molecule has 2 N–H and O–H groups in total. The number of ether oxygens (including phenoxy) is 1. The van der Waals surface area contributed by atoms with Gasteiger partial charge in [-0.05, 0) is 27.4 Å². The highest BCUT2D eigenvalue weighted by atomic mass is 16.5. The lowest BCUT2D eigenvalue weighted by Gasteiger charge is -2.24. The number of guanidine groups is 1. The Bertz CT molecular complexity index is 229. The fourth-order valence-corrected chi connectivity index (χ4v) is 1.11. The van der Waals surface area contributed by atoms with Crippen LogP contribution in [0.3, 0.4) is 0 Å². The standard InChI is InChI=1S/C12H28N4O/c1-7-16(5)9-8-14-11(13-4)15-10-12(2,3)17-6/h7-10H2,1-6H3,(H2,13,14,15). The molecule has 5 nitrogen and oxygen atoms in total. The fourth-order valence-electron chi connectivity index (χ4n) is 1.11. The largest absolute Gasteiger partial charge is 0.377 e. The summed E-state index contributed by atoms with van der Waals surface area (Å²) in [4.78, 5) is 6.42. The summed E-state index contributed by atoms with van der Waals surface area (Å²) < 4.78 is 5.34. The predicted molar refractivity (Wildman–Crippen MR) is 73.6 cm³/mol. The van der Waals surface area contributed by atoms with Crippen molar-refractivity contribution in [1.29, 1.82) is 0 Å². The normalized spacial score (nSPS) is 13.0. The Morgan fingerprint density at radius 2 is 2.00 bits per heavy atom. The SMILES string of the molecule is CCN(C)CCNC(=NC)NCC(C)(C)OC. The van der Waals surface area contributed by atoms with Crippen molar-refractivity contribution in [1.82, 2.24) is 15.5 Å². The Kier molecular flexibility index (Phi) is 7.91. The van der Waals surface area contributed by atoms with Gasteiger partial charge in [-0.15, -0.1) is 0 Å². The van der Waals surface area contributed by atoms with Crippen LogP contribution in [0.25, 0.3) is 0 Å². The number of nitrogens with zero attached hydrogens (tertiary/aromatic N) is 2. The lowest BCUT2D eigenvalue weighted by molar-refractivity contribution is 0.0268. The maximum atomic E-state index is 5.34. The molecule has 102 valence electrons. The van der Waals surface area contributed by atoms with Crippen LogP contribution < -0.4 is 10.6 Å². The number of methoxy groups -OCH3 is 1. The van der Waals surface area contributed by atoms with Crippen molar-refractivity contribution in [3.8, 4) is 0 Å². The first-order valence-electron chi connectivity index (χ1n) is 6.13. The summed E-state index contributed by atoms with van der Waals surface area (Å²) in [6.45, 7) is 9.91. The van der Waals surface area contributed by atoms with Gasteiger partial charge in [0.05, 0.1) is 5.60 Å². The molecule has 0 saturated heterocycles. The van der Waals surface area contributed by atoms with Crippen molar-refractivity contribution in [2.75, 3.05) is 47.4 Å². The van der Waals surface area contributed by atoms with Crippen molar-refractivity contribution in [2.45, 2.75) is 26.4 Å². The topological polar surface area (TPSA) is 48.9 Å². The molecule has 0 aliphatic heterocycles. The molecule has 0 aromatic carbocycles. The number of nitrogens with one attached hydrogen (secondary N) is 2. The van der Waals surface area contributed by atoms with Gasteiger partial charge in [0.1, 0.15) is 0 Å². The van der Waals surface area contributed by atoms with Crippen molar-refractivity contribution in [2.24, 2.45) is 4.99 Å². The van der Waals surface area contributed by atoms with Gasteiger partial charge in [0.15, 0.2) is 5.96 Å². The Morgan fingerprint density at radius 1 is 1.35 bits per heavy atom. The number of likely N-dealkylation sites (N-methyl/N-ethyl adjacent to an activating group) is 1. The van der Waals surface area contributed by atoms with Gasteiger partial charge in [0.25, 0.3) is 0 Å². The smallest absolute Gasteiger partial charge is 0.191 e. The summed E-state index contributed by atoms with van der Waals surface area (Å²) in [5, 5.41) is 6.52. The van der Waals surface area contributed by atoms with Gasteiger partial charge in [-0.25, -0.2) is 0 Å². The monoisotopic (exact) mass is 244 g/mol. The molecule has 0 aliphatic carbocycles. The van der Waals surface area contributed by atoms with E-state index in [1.165, 1.54) is 0 Å². The van der Waals surface area contributed by atoms with E-state index in [4.69, 9.17) is 4.74 Å². The average Bonchev–Trinajstić information content (AvgIpc) is 2.33. The van der Waals surface area contributed by atoms with E-state index in [0.29, 0.717) is 0 Å². The minimum absolute atomic E-state index is 0.183. The van der Waals surface area contributed by atoms with Gasteiger partial charge in [-0.1, -0.05) is 6.92 Å². The Balaban J connectivity index is 3.86. The average molecular weight is 244 g/mol. The minimum Gasteiger partial charge on any atom is -0.377 e. The molecule has 0 amide bonds. The second-order valence-corrected chi connectivity index (χ2v) is 4.71. The number of rotatable bonds is 7. The summed E-state index contributed by atoms with van der Waals surface area (Å²) in [5.74, 6) is 0.819. The van der Waals surface area contributed by atoms with Gasteiger partial charge in [0, 0.05) is 33.8 Å². The summed E-state index contributed by atoms with van der Waals surface area (Å²) in [6.07, 6.45) is 0. The summed E-state index contributed by atoms with van der Waals surface area (Å²) >= 11 is 0. The second kappa shape index (κ2) is 8.31. The maximum Gasteiger partial charge on any atom is 0.191 e. The third kappa shape index (κ3) is 7.99. The van der Waals surface area contributed by atoms with Crippen LogP contribution >= 0.6 is 0 Å². The van der Waals surface area contributed by atoms with Crippen molar-refractivity contribution in [3.63, 3.8) is 0 Å². The highest BCUT2D eigenvalue weighted by Gasteiger charge is 2.16. The highest BCUT2D eigenvalue weighted by molar-refractivity contribution is 5.79. The molecule has 0 bridgehead atoms. The minimum atomic E-state index is -0.183. The van der Waals surface area contributed by atoms with Crippen LogP contribution in [0.5, 0.6) is 0 Å². The molecule has 0 atom stereocenters. The third-order valence-corrected chi connectivity index (χ3v) is 2.78. The Morgan fingerprint density at radius 3 is 2.47 bits per heavy atom. The Hall–Kier alpha value is -0.810. The molecular formula is C12H28N4O. The zero-order chi connectivity index (χ0) is 13.3. The summed E-state index contributed by atoms with van der Waals surface area (Å²) in [5.41, 5.74) is -0.183. The van der Waals surface area contributed by atoms with Crippen LogP contribution in [0.1, 0.15) is 20.8 Å². The zero-order valence-corrected chi connectivity index (χ0v) is 12.1. The molecule has 0 aromatic rings. The zero-order valence-electron chi connectivity index (χ0n) is 12.1. The fraction of sp³-hybridized carbons (Fsp3) is 0.917. The molecular weight excluding hydrogens is 216 g/mol. The van der Waals surface area contributed by atoms with E-state index in [-0.39, 0.29) is 5.60 Å². The predicted octanol–water partition coefficient (Wildman–Crippen LogP) is 0.528. The van der Waals surface area contributed by atoms with Gasteiger partial charge in [-0.2, -0.15) is 0 Å². The number of hydrogen-bond donors (Lipinski definition) is 2. The lowest BCUT2D eigenvalue weighted by atomic mass is 10.1. The van der Waals surface area contributed by atoms with E-state index in [9.17, 15) is 0 Å². The van der Waals surface area contributed by atoms with E-state index in [1.807, 2.05) is 13.8 Å². The summed E-state index contributed by atoms with van der Waals surface area (Å²) in [6, 6.07) is 0. The van der Waals surface area contributed by atoms with Gasteiger partial charge in [-0.3, -0.25) is 4.99 Å². The summed E-state index contributed by atoms with van der Waals surface area (Å²) in [7, 11) is 5.60. The first kappa shape index (κ1) is 16.2. The van der Waals surface area contributed by atoms with Crippen LogP contribution in [0, 0.1) is 0 Å². The van der Waals surface area contributed by atoms with E-state index >= 15 is 0 Å². The van der Waals surface area contributed by atoms with Crippen LogP contribution in [0.2, 0.25) is 0 Å². The van der Waals surface area contributed by atoms with Gasteiger partial charge >= 0.3 is 0 Å².